The number of halogens is 2. The van der Waals surface area contributed by atoms with E-state index in [1.165, 1.54) is 6.08 Å². The first-order chi connectivity index (χ1) is 8.00. The maximum absolute atomic E-state index is 11.1. The molecule has 90 valence electrons. The lowest BCUT2D eigenvalue weighted by Gasteiger charge is -2.01. The van der Waals surface area contributed by atoms with Gasteiger partial charge in [0.1, 0.15) is 0 Å². The number of ether oxygens (including phenoxy) is 1. The zero-order valence-electron chi connectivity index (χ0n) is 8.65. The van der Waals surface area contributed by atoms with Gasteiger partial charge in [0, 0.05) is 21.7 Å². The number of esters is 1. The molecule has 6 heteroatoms. The van der Waals surface area contributed by atoms with Crippen LogP contribution in [0.5, 0.6) is 0 Å². The fourth-order valence-electron chi connectivity index (χ4n) is 1.01. The van der Waals surface area contributed by atoms with Crippen LogP contribution in [0.2, 0.25) is 10.0 Å². The third-order valence-corrected chi connectivity index (χ3v) is 2.40. The molecule has 4 nitrogen and oxygen atoms in total. The van der Waals surface area contributed by atoms with Crippen molar-refractivity contribution in [3.8, 4) is 0 Å². The first-order valence-electron chi connectivity index (χ1n) is 4.58. The van der Waals surface area contributed by atoms with Gasteiger partial charge >= 0.3 is 5.97 Å². The van der Waals surface area contributed by atoms with E-state index in [1.807, 2.05) is 0 Å². The molecule has 0 aliphatic heterocycles. The van der Waals surface area contributed by atoms with Crippen molar-refractivity contribution in [2.75, 3.05) is 6.61 Å². The van der Waals surface area contributed by atoms with Gasteiger partial charge in [0.2, 0.25) is 0 Å². The molecule has 0 bridgehead atoms. The molecule has 0 aliphatic rings. The molecule has 0 fully saturated rings. The lowest BCUT2D eigenvalue weighted by molar-refractivity contribution is -0.142. The Bertz CT molecular complexity index is 452. The Morgan fingerprint density at radius 3 is 2.41 bits per heavy atom. The molecule has 0 unspecified atom stereocenters. The van der Waals surface area contributed by atoms with E-state index in [-0.39, 0.29) is 0 Å². The number of nitrogens with two attached hydrogens (primary N) is 1. The maximum atomic E-state index is 11.1. The topological polar surface area (TPSA) is 69.4 Å². The Kier molecular flexibility index (Phi) is 5.00. The Morgan fingerprint density at radius 1 is 1.29 bits per heavy atom. The van der Waals surface area contributed by atoms with Crippen molar-refractivity contribution in [1.82, 2.24) is 0 Å². The Labute approximate surface area is 108 Å². The number of benzene rings is 1. The van der Waals surface area contributed by atoms with Gasteiger partial charge < -0.3 is 10.5 Å². The Balaban J connectivity index is 2.70. The van der Waals surface area contributed by atoms with Crippen LogP contribution in [-0.2, 0) is 14.3 Å². The van der Waals surface area contributed by atoms with Crippen LogP contribution in [0, 0.1) is 0 Å². The predicted octanol–water partition coefficient (Wildman–Crippen LogP) is 2.04. The summed E-state index contributed by atoms with van der Waals surface area (Å²) in [5.74, 6) is -1.41. The number of carbonyl (C=O) groups is 2. The van der Waals surface area contributed by atoms with Crippen LogP contribution in [-0.4, -0.2) is 18.5 Å². The quantitative estimate of drug-likeness (QED) is 0.674. The summed E-state index contributed by atoms with van der Waals surface area (Å²) in [6, 6.07) is 4.97. The number of primary amides is 1. The number of hydrogen-bond donors (Lipinski definition) is 1. The number of hydrogen-bond acceptors (Lipinski definition) is 3. The molecule has 0 atom stereocenters. The summed E-state index contributed by atoms with van der Waals surface area (Å²) in [6.45, 7) is -0.459. The number of rotatable bonds is 4. The SMILES string of the molecule is NC(=O)COC(=O)/C=C/c1c(Cl)cccc1Cl. The highest BCUT2D eigenvalue weighted by molar-refractivity contribution is 6.37. The highest BCUT2D eigenvalue weighted by Crippen LogP contribution is 2.25. The van der Waals surface area contributed by atoms with E-state index < -0.39 is 18.5 Å². The van der Waals surface area contributed by atoms with Gasteiger partial charge in [0.25, 0.3) is 5.91 Å². The van der Waals surface area contributed by atoms with Crippen molar-refractivity contribution in [2.45, 2.75) is 0 Å². The van der Waals surface area contributed by atoms with E-state index in [2.05, 4.69) is 4.74 Å². The smallest absolute Gasteiger partial charge is 0.331 e. The van der Waals surface area contributed by atoms with Gasteiger partial charge in [0.15, 0.2) is 6.61 Å². The Morgan fingerprint density at radius 2 is 1.88 bits per heavy atom. The summed E-state index contributed by atoms with van der Waals surface area (Å²) in [6.07, 6.45) is 2.53. The third-order valence-electron chi connectivity index (χ3n) is 1.74. The van der Waals surface area contributed by atoms with Gasteiger partial charge in [0.05, 0.1) is 0 Å². The van der Waals surface area contributed by atoms with Crippen molar-refractivity contribution in [2.24, 2.45) is 5.73 Å². The van der Waals surface area contributed by atoms with Gasteiger partial charge in [-0.1, -0.05) is 29.3 Å². The summed E-state index contributed by atoms with van der Waals surface area (Å²) >= 11 is 11.8. The van der Waals surface area contributed by atoms with Gasteiger partial charge in [-0.15, -0.1) is 0 Å². The second-order valence-electron chi connectivity index (χ2n) is 3.04. The van der Waals surface area contributed by atoms with Crippen molar-refractivity contribution in [3.63, 3.8) is 0 Å². The molecule has 0 aromatic heterocycles. The molecular weight excluding hydrogens is 265 g/mol. The molecule has 2 N–H and O–H groups in total. The largest absolute Gasteiger partial charge is 0.452 e. The molecule has 0 aliphatic carbocycles. The maximum Gasteiger partial charge on any atom is 0.331 e. The monoisotopic (exact) mass is 273 g/mol. The molecule has 0 radical (unpaired) electrons. The summed E-state index contributed by atoms with van der Waals surface area (Å²) in [4.78, 5) is 21.5. The van der Waals surface area contributed by atoms with Crippen molar-refractivity contribution in [3.05, 3.63) is 39.9 Å². The second kappa shape index (κ2) is 6.27. The molecule has 1 rings (SSSR count). The van der Waals surface area contributed by atoms with Crippen LogP contribution >= 0.6 is 23.2 Å². The van der Waals surface area contributed by atoms with Crippen molar-refractivity contribution >= 4 is 41.2 Å². The second-order valence-corrected chi connectivity index (χ2v) is 3.86. The molecule has 0 saturated carbocycles. The summed E-state index contributed by atoms with van der Waals surface area (Å²) < 4.78 is 4.52. The van der Waals surface area contributed by atoms with Gasteiger partial charge in [-0.05, 0) is 18.2 Å². The van der Waals surface area contributed by atoms with E-state index in [0.717, 1.165) is 6.08 Å². The van der Waals surface area contributed by atoms with Crippen LogP contribution in [0.25, 0.3) is 6.08 Å². The van der Waals surface area contributed by atoms with Gasteiger partial charge in [-0.25, -0.2) is 4.79 Å². The first-order valence-corrected chi connectivity index (χ1v) is 5.33. The van der Waals surface area contributed by atoms with E-state index in [4.69, 9.17) is 28.9 Å². The summed E-state index contributed by atoms with van der Waals surface area (Å²) in [5, 5.41) is 0.827. The minimum atomic E-state index is -0.720. The van der Waals surface area contributed by atoms with E-state index in [1.54, 1.807) is 18.2 Å². The molecule has 1 amide bonds. The first kappa shape index (κ1) is 13.5. The lowest BCUT2D eigenvalue weighted by Crippen LogP contribution is -2.19. The summed E-state index contributed by atoms with van der Waals surface area (Å²) in [5.41, 5.74) is 5.32. The minimum absolute atomic E-state index is 0.413. The van der Waals surface area contributed by atoms with E-state index in [9.17, 15) is 9.59 Å². The normalized spacial score (nSPS) is 10.5. The molecular formula is C11H9Cl2NO3. The fraction of sp³-hybridized carbons (Fsp3) is 0.0909. The van der Waals surface area contributed by atoms with E-state index >= 15 is 0 Å². The van der Waals surface area contributed by atoms with Gasteiger partial charge in [-0.3, -0.25) is 4.79 Å². The molecule has 17 heavy (non-hydrogen) atoms. The Hall–Kier alpha value is -1.52. The highest BCUT2D eigenvalue weighted by atomic mass is 35.5. The lowest BCUT2D eigenvalue weighted by atomic mass is 10.2. The average molecular weight is 274 g/mol. The molecule has 0 heterocycles. The zero-order valence-corrected chi connectivity index (χ0v) is 10.2. The van der Waals surface area contributed by atoms with Gasteiger partial charge in [-0.2, -0.15) is 0 Å². The van der Waals surface area contributed by atoms with Crippen molar-refractivity contribution in [1.29, 1.82) is 0 Å². The molecule has 0 saturated heterocycles. The summed E-state index contributed by atoms with van der Waals surface area (Å²) in [7, 11) is 0. The van der Waals surface area contributed by atoms with E-state index in [0.29, 0.717) is 15.6 Å². The van der Waals surface area contributed by atoms with Crippen LogP contribution < -0.4 is 5.73 Å². The standard InChI is InChI=1S/C11H9Cl2NO3/c12-8-2-1-3-9(13)7(8)4-5-11(16)17-6-10(14)15/h1-5H,6H2,(H2,14,15)/b5-4+. The average Bonchev–Trinajstić information content (AvgIpc) is 2.25. The van der Waals surface area contributed by atoms with Crippen LogP contribution in [0.3, 0.4) is 0 Å². The predicted molar refractivity (Wildman–Crippen MR) is 65.6 cm³/mol. The molecule has 0 spiro atoms. The molecule has 1 aromatic rings. The van der Waals surface area contributed by atoms with Crippen LogP contribution in [0.4, 0.5) is 0 Å². The van der Waals surface area contributed by atoms with Crippen LogP contribution in [0.1, 0.15) is 5.56 Å². The zero-order chi connectivity index (χ0) is 12.8. The minimum Gasteiger partial charge on any atom is -0.452 e. The highest BCUT2D eigenvalue weighted by Gasteiger charge is 2.04. The van der Waals surface area contributed by atoms with Crippen molar-refractivity contribution < 1.29 is 14.3 Å². The fourth-order valence-corrected chi connectivity index (χ4v) is 1.54. The number of amides is 1. The molecule has 1 aromatic carbocycles. The number of carbonyl (C=O) groups excluding carboxylic acids is 2. The van der Waals surface area contributed by atoms with Crippen LogP contribution in [0.15, 0.2) is 24.3 Å². The third kappa shape index (κ3) is 4.46.